The minimum Gasteiger partial charge on any atom is -0.339 e. The molecule has 0 amide bonds. The second kappa shape index (κ2) is 6.79. The lowest BCUT2D eigenvalue weighted by molar-refractivity contribution is -0.140. The van der Waals surface area contributed by atoms with Gasteiger partial charge in [-0.3, -0.25) is 4.79 Å². The highest BCUT2D eigenvalue weighted by Crippen LogP contribution is 2.38. The van der Waals surface area contributed by atoms with E-state index in [2.05, 4.69) is 26.0 Å². The number of H-pyrrole nitrogens is 1. The molecule has 4 rings (SSSR count). The molecule has 1 N–H and O–H groups in total. The standard InChI is InChI=1S/C19H10BrClF3N3O/c20-12-5-1-10(2-6-12)14-9-15(28)27-18(25-14)16(17(26-27)19(22,23)24)11-3-7-13(21)8-4-11/h1-9,25H. The van der Waals surface area contributed by atoms with Crippen LogP contribution in [0.3, 0.4) is 0 Å². The molecule has 2 aromatic carbocycles. The fourth-order valence-electron chi connectivity index (χ4n) is 2.91. The van der Waals surface area contributed by atoms with Crippen molar-refractivity contribution in [1.29, 1.82) is 0 Å². The van der Waals surface area contributed by atoms with Gasteiger partial charge < -0.3 is 4.98 Å². The first kappa shape index (κ1) is 18.8. The maximum atomic E-state index is 13.6. The second-order valence-corrected chi connectivity index (χ2v) is 7.37. The Balaban J connectivity index is 2.05. The van der Waals surface area contributed by atoms with Crippen LogP contribution >= 0.6 is 27.5 Å². The van der Waals surface area contributed by atoms with Crippen molar-refractivity contribution in [1.82, 2.24) is 14.6 Å². The zero-order valence-corrected chi connectivity index (χ0v) is 16.2. The van der Waals surface area contributed by atoms with Gasteiger partial charge in [-0.05, 0) is 35.4 Å². The van der Waals surface area contributed by atoms with Crippen molar-refractivity contribution in [2.75, 3.05) is 0 Å². The van der Waals surface area contributed by atoms with E-state index in [1.54, 1.807) is 24.3 Å². The summed E-state index contributed by atoms with van der Waals surface area (Å²) in [5.41, 5.74) is -0.780. The second-order valence-electron chi connectivity index (χ2n) is 6.02. The average Bonchev–Trinajstić information content (AvgIpc) is 3.03. The molecule has 2 heterocycles. The molecule has 9 heteroatoms. The maximum Gasteiger partial charge on any atom is 0.435 e. The molecule has 0 fully saturated rings. The number of aromatic nitrogens is 3. The summed E-state index contributed by atoms with van der Waals surface area (Å²) in [6.07, 6.45) is -4.74. The number of nitrogens with zero attached hydrogens (tertiary/aromatic N) is 2. The van der Waals surface area contributed by atoms with Gasteiger partial charge in [0, 0.05) is 15.6 Å². The summed E-state index contributed by atoms with van der Waals surface area (Å²) >= 11 is 9.18. The van der Waals surface area contributed by atoms with E-state index in [0.29, 0.717) is 16.3 Å². The molecular formula is C19H10BrClF3N3O. The smallest absolute Gasteiger partial charge is 0.339 e. The van der Waals surface area contributed by atoms with Crippen molar-refractivity contribution in [3.8, 4) is 22.4 Å². The Morgan fingerprint density at radius 3 is 2.21 bits per heavy atom. The van der Waals surface area contributed by atoms with Gasteiger partial charge in [0.15, 0.2) is 5.69 Å². The monoisotopic (exact) mass is 467 g/mol. The van der Waals surface area contributed by atoms with Gasteiger partial charge in [-0.2, -0.15) is 22.8 Å². The summed E-state index contributed by atoms with van der Waals surface area (Å²) in [4.78, 5) is 15.4. The lowest BCUT2D eigenvalue weighted by Crippen LogP contribution is -2.15. The van der Waals surface area contributed by atoms with Crippen molar-refractivity contribution >= 4 is 33.2 Å². The summed E-state index contributed by atoms with van der Waals surface area (Å²) in [5, 5.41) is 3.93. The van der Waals surface area contributed by atoms with Crippen LogP contribution in [0.5, 0.6) is 0 Å². The number of fused-ring (bicyclic) bond motifs is 1. The molecule has 2 aromatic heterocycles. The summed E-state index contributed by atoms with van der Waals surface area (Å²) in [6.45, 7) is 0. The number of nitrogens with one attached hydrogen (secondary N) is 1. The van der Waals surface area contributed by atoms with Gasteiger partial charge in [0.2, 0.25) is 0 Å². The van der Waals surface area contributed by atoms with Gasteiger partial charge in [0.1, 0.15) is 5.65 Å². The van der Waals surface area contributed by atoms with Crippen LogP contribution in [0.2, 0.25) is 5.02 Å². The molecule has 0 saturated carbocycles. The van der Waals surface area contributed by atoms with Crippen molar-refractivity contribution in [3.63, 3.8) is 0 Å². The molecule has 0 bridgehead atoms. The van der Waals surface area contributed by atoms with Crippen LogP contribution in [0.4, 0.5) is 13.2 Å². The minimum atomic E-state index is -4.74. The van der Waals surface area contributed by atoms with Gasteiger partial charge in [-0.15, -0.1) is 0 Å². The van der Waals surface area contributed by atoms with Crippen molar-refractivity contribution in [2.24, 2.45) is 0 Å². The largest absolute Gasteiger partial charge is 0.435 e. The van der Waals surface area contributed by atoms with Crippen LogP contribution in [0.25, 0.3) is 28.0 Å². The van der Waals surface area contributed by atoms with E-state index < -0.39 is 17.4 Å². The van der Waals surface area contributed by atoms with Gasteiger partial charge in [-0.25, -0.2) is 0 Å². The zero-order chi connectivity index (χ0) is 20.1. The van der Waals surface area contributed by atoms with E-state index in [0.717, 1.165) is 8.99 Å². The predicted molar refractivity (Wildman–Crippen MR) is 104 cm³/mol. The van der Waals surface area contributed by atoms with Gasteiger partial charge >= 0.3 is 6.18 Å². The van der Waals surface area contributed by atoms with E-state index in [1.807, 2.05) is 0 Å². The molecule has 0 aliphatic heterocycles. The Kier molecular flexibility index (Phi) is 4.55. The first-order chi connectivity index (χ1) is 13.2. The van der Waals surface area contributed by atoms with Crippen LogP contribution in [0.1, 0.15) is 5.69 Å². The Labute approximate surface area is 169 Å². The lowest BCUT2D eigenvalue weighted by atomic mass is 10.1. The summed E-state index contributed by atoms with van der Waals surface area (Å²) in [6, 6.07) is 14.1. The molecule has 28 heavy (non-hydrogen) atoms. The molecule has 4 nitrogen and oxygen atoms in total. The highest BCUT2D eigenvalue weighted by atomic mass is 79.9. The number of halogens is 5. The molecule has 142 valence electrons. The third kappa shape index (κ3) is 3.33. The summed E-state index contributed by atoms with van der Waals surface area (Å²) in [5.74, 6) is 0. The summed E-state index contributed by atoms with van der Waals surface area (Å²) < 4.78 is 42.5. The highest BCUT2D eigenvalue weighted by Gasteiger charge is 2.39. The van der Waals surface area contributed by atoms with E-state index in [4.69, 9.17) is 11.6 Å². The topological polar surface area (TPSA) is 50.2 Å². The SMILES string of the molecule is O=c1cc(-c2ccc(Br)cc2)[nH]c2c(-c3ccc(Cl)cc3)c(C(F)(F)F)nn12. The first-order valence-electron chi connectivity index (χ1n) is 7.99. The Morgan fingerprint density at radius 2 is 1.61 bits per heavy atom. The number of rotatable bonds is 2. The fourth-order valence-corrected chi connectivity index (χ4v) is 3.30. The van der Waals surface area contributed by atoms with E-state index in [9.17, 15) is 18.0 Å². The molecule has 0 unspecified atom stereocenters. The molecule has 4 aromatic rings. The Bertz CT molecular complexity index is 1230. The fraction of sp³-hybridized carbons (Fsp3) is 0.0526. The molecule has 0 aliphatic carbocycles. The van der Waals surface area contributed by atoms with Crippen molar-refractivity contribution in [2.45, 2.75) is 6.18 Å². The van der Waals surface area contributed by atoms with Crippen LogP contribution < -0.4 is 5.56 Å². The van der Waals surface area contributed by atoms with Crippen LogP contribution in [0.15, 0.2) is 63.9 Å². The molecule has 0 atom stereocenters. The number of alkyl halides is 3. The molecule has 0 spiro atoms. The van der Waals surface area contributed by atoms with Crippen molar-refractivity contribution < 1.29 is 13.2 Å². The third-order valence-corrected chi connectivity index (χ3v) is 4.95. The van der Waals surface area contributed by atoms with E-state index in [1.165, 1.54) is 30.3 Å². The Morgan fingerprint density at radius 1 is 1.00 bits per heavy atom. The predicted octanol–water partition coefficient (Wildman–Crippen LogP) is 5.79. The summed E-state index contributed by atoms with van der Waals surface area (Å²) in [7, 11) is 0. The Hall–Kier alpha value is -2.58. The number of benzene rings is 2. The normalized spacial score (nSPS) is 11.9. The molecule has 0 saturated heterocycles. The van der Waals surface area contributed by atoms with Crippen LogP contribution in [0, 0.1) is 0 Å². The lowest BCUT2D eigenvalue weighted by Gasteiger charge is -2.08. The highest BCUT2D eigenvalue weighted by molar-refractivity contribution is 9.10. The van der Waals surface area contributed by atoms with Gasteiger partial charge in [0.25, 0.3) is 5.56 Å². The van der Waals surface area contributed by atoms with E-state index in [-0.39, 0.29) is 16.8 Å². The molecule has 0 aliphatic rings. The van der Waals surface area contributed by atoms with E-state index >= 15 is 0 Å². The zero-order valence-electron chi connectivity index (χ0n) is 13.9. The van der Waals surface area contributed by atoms with Crippen LogP contribution in [-0.4, -0.2) is 14.6 Å². The minimum absolute atomic E-state index is 0.0416. The quantitative estimate of drug-likeness (QED) is 0.405. The molecule has 0 radical (unpaired) electrons. The van der Waals surface area contributed by atoms with Crippen molar-refractivity contribution in [3.05, 3.63) is 80.1 Å². The number of hydrogen-bond acceptors (Lipinski definition) is 2. The average molecular weight is 469 g/mol. The number of hydrogen-bond donors (Lipinski definition) is 1. The molecular weight excluding hydrogens is 459 g/mol. The van der Waals surface area contributed by atoms with Gasteiger partial charge in [-0.1, -0.05) is 51.8 Å². The first-order valence-corrected chi connectivity index (χ1v) is 9.16. The van der Waals surface area contributed by atoms with Crippen LogP contribution in [-0.2, 0) is 6.18 Å². The maximum absolute atomic E-state index is 13.6. The number of aromatic amines is 1. The van der Waals surface area contributed by atoms with Gasteiger partial charge in [0.05, 0.1) is 11.3 Å². The third-order valence-electron chi connectivity index (χ3n) is 4.17.